The number of fused-ring (bicyclic) bond motifs is 2. The van der Waals surface area contributed by atoms with Crippen LogP contribution in [0.5, 0.6) is 0 Å². The molecule has 182 valence electrons. The summed E-state index contributed by atoms with van der Waals surface area (Å²) in [6.45, 7) is 1.40. The topological polar surface area (TPSA) is 69.5 Å². The van der Waals surface area contributed by atoms with Gasteiger partial charge in [0.25, 0.3) is 0 Å². The maximum atomic E-state index is 11.7. The average molecular weight is 513 g/mol. The van der Waals surface area contributed by atoms with Crippen molar-refractivity contribution in [2.75, 3.05) is 18.6 Å². The fraction of sp³-hybridized carbons (Fsp3) is 0.423. The zero-order chi connectivity index (χ0) is 24.1. The van der Waals surface area contributed by atoms with Crippen LogP contribution in [0, 0.1) is 5.92 Å². The number of nitrogens with zero attached hydrogens (tertiary/aromatic N) is 4. The standard InChI is InChI=1S/C26H26Cl2N4O3/c1-34-26(33)22-8-7-17(11-29-22)31-13-16-9-18(31)10-24(16)35-14-23-19(15-5-6-15)12-30-32(23)25-20(27)3-2-4-21(25)28/h2-4,7-8,11-12,15-16,18,24H,5-6,9-10,13-14H2,1H3. The van der Waals surface area contributed by atoms with Crippen LogP contribution in [0.3, 0.4) is 0 Å². The second-order valence-electron chi connectivity index (χ2n) is 9.58. The Morgan fingerprint density at radius 2 is 1.91 bits per heavy atom. The Labute approximate surface area is 213 Å². The van der Waals surface area contributed by atoms with Crippen LogP contribution in [0.15, 0.2) is 42.7 Å². The van der Waals surface area contributed by atoms with Crippen LogP contribution in [0.1, 0.15) is 53.3 Å². The molecule has 35 heavy (non-hydrogen) atoms. The number of carbonyl (C=O) groups is 1. The SMILES string of the molecule is COC(=O)c1ccc(N2CC3CC2CC3OCc2c(C3CC3)cnn2-c2c(Cl)cccc2Cl)cn1. The monoisotopic (exact) mass is 512 g/mol. The maximum absolute atomic E-state index is 11.7. The van der Waals surface area contributed by atoms with Crippen LogP contribution in [0.25, 0.3) is 5.69 Å². The molecule has 2 aliphatic carbocycles. The molecule has 0 spiro atoms. The molecule has 1 aliphatic heterocycles. The van der Waals surface area contributed by atoms with E-state index in [1.54, 1.807) is 12.3 Å². The molecule has 3 fully saturated rings. The van der Waals surface area contributed by atoms with E-state index in [-0.39, 0.29) is 6.10 Å². The Balaban J connectivity index is 1.16. The fourth-order valence-corrected chi connectivity index (χ4v) is 6.10. The fourth-order valence-electron chi connectivity index (χ4n) is 5.54. The molecule has 2 bridgehead atoms. The number of esters is 1. The van der Waals surface area contributed by atoms with Gasteiger partial charge >= 0.3 is 5.97 Å². The summed E-state index contributed by atoms with van der Waals surface area (Å²) in [4.78, 5) is 18.3. The van der Waals surface area contributed by atoms with Gasteiger partial charge in [0.1, 0.15) is 11.4 Å². The molecule has 6 rings (SSSR count). The Bertz CT molecular complexity index is 1240. The zero-order valence-corrected chi connectivity index (χ0v) is 20.9. The van der Waals surface area contributed by atoms with Gasteiger partial charge in [0, 0.05) is 18.5 Å². The van der Waals surface area contributed by atoms with Gasteiger partial charge in [0.2, 0.25) is 0 Å². The molecule has 7 nitrogen and oxygen atoms in total. The van der Waals surface area contributed by atoms with Crippen LogP contribution in [0.4, 0.5) is 5.69 Å². The largest absolute Gasteiger partial charge is 0.464 e. The predicted octanol–water partition coefficient (Wildman–Crippen LogP) is 5.42. The number of hydrogen-bond donors (Lipinski definition) is 0. The van der Waals surface area contributed by atoms with Gasteiger partial charge in [-0.3, -0.25) is 0 Å². The lowest BCUT2D eigenvalue weighted by Crippen LogP contribution is -2.38. The molecule has 2 saturated carbocycles. The summed E-state index contributed by atoms with van der Waals surface area (Å²) >= 11 is 13.0. The molecule has 0 amide bonds. The van der Waals surface area contributed by atoms with Crippen LogP contribution >= 0.6 is 23.2 Å². The number of piperidine rings is 1. The van der Waals surface area contributed by atoms with E-state index < -0.39 is 5.97 Å². The summed E-state index contributed by atoms with van der Waals surface area (Å²) in [5.74, 6) is 0.570. The average Bonchev–Trinajstić information content (AvgIpc) is 3.32. The predicted molar refractivity (Wildman–Crippen MR) is 134 cm³/mol. The molecule has 3 atom stereocenters. The molecule has 3 aromatic rings. The Hall–Kier alpha value is -2.61. The number of carbonyl (C=O) groups excluding carboxylic acids is 1. The van der Waals surface area contributed by atoms with Crippen LogP contribution in [0.2, 0.25) is 10.0 Å². The highest BCUT2D eigenvalue weighted by Crippen LogP contribution is 2.45. The van der Waals surface area contributed by atoms with Crippen molar-refractivity contribution in [3.8, 4) is 5.69 Å². The Morgan fingerprint density at radius 3 is 2.54 bits per heavy atom. The number of aromatic nitrogens is 3. The quantitative estimate of drug-likeness (QED) is 0.393. The minimum atomic E-state index is -0.421. The van der Waals surface area contributed by atoms with E-state index in [2.05, 4.69) is 15.0 Å². The van der Waals surface area contributed by atoms with Gasteiger partial charge < -0.3 is 14.4 Å². The van der Waals surface area contributed by atoms with E-state index in [9.17, 15) is 4.79 Å². The second kappa shape index (κ2) is 9.12. The van der Waals surface area contributed by atoms with Gasteiger partial charge in [0.15, 0.2) is 0 Å². The molecule has 1 saturated heterocycles. The summed E-state index contributed by atoms with van der Waals surface area (Å²) in [5, 5.41) is 5.81. The third kappa shape index (κ3) is 4.20. The lowest BCUT2D eigenvalue weighted by atomic mass is 10.1. The maximum Gasteiger partial charge on any atom is 0.356 e. The molecule has 3 aliphatic rings. The first-order valence-electron chi connectivity index (χ1n) is 12.0. The van der Waals surface area contributed by atoms with E-state index in [1.807, 2.05) is 35.1 Å². The van der Waals surface area contributed by atoms with Gasteiger partial charge in [0.05, 0.1) is 53.6 Å². The number of methoxy groups -OCH3 is 1. The zero-order valence-electron chi connectivity index (χ0n) is 19.4. The Morgan fingerprint density at radius 1 is 1.11 bits per heavy atom. The van der Waals surface area contributed by atoms with Crippen molar-refractivity contribution < 1.29 is 14.3 Å². The van der Waals surface area contributed by atoms with Crippen molar-refractivity contribution in [1.82, 2.24) is 14.8 Å². The number of anilines is 1. The normalized spacial score (nSPS) is 23.2. The van der Waals surface area contributed by atoms with Crippen molar-refractivity contribution in [3.63, 3.8) is 0 Å². The summed E-state index contributed by atoms with van der Waals surface area (Å²) in [6.07, 6.45) is 8.31. The first-order valence-corrected chi connectivity index (χ1v) is 12.7. The molecule has 0 radical (unpaired) electrons. The number of hydrogen-bond acceptors (Lipinski definition) is 6. The number of rotatable bonds is 7. The minimum absolute atomic E-state index is 0.190. The number of halogens is 2. The van der Waals surface area contributed by atoms with Crippen molar-refractivity contribution in [2.45, 2.75) is 50.4 Å². The molecular weight excluding hydrogens is 487 g/mol. The third-order valence-corrected chi connectivity index (χ3v) is 8.06. The van der Waals surface area contributed by atoms with E-state index in [0.29, 0.717) is 45.9 Å². The Kier molecular flexibility index (Phi) is 5.95. The van der Waals surface area contributed by atoms with Gasteiger partial charge in [-0.05, 0) is 61.4 Å². The van der Waals surface area contributed by atoms with E-state index >= 15 is 0 Å². The van der Waals surface area contributed by atoms with Crippen LogP contribution in [-0.2, 0) is 16.1 Å². The molecule has 0 N–H and O–H groups in total. The van der Waals surface area contributed by atoms with Crippen molar-refractivity contribution >= 4 is 34.9 Å². The number of para-hydroxylation sites is 1. The first kappa shape index (κ1) is 22.8. The smallest absolute Gasteiger partial charge is 0.356 e. The van der Waals surface area contributed by atoms with Crippen molar-refractivity contribution in [3.05, 3.63) is 69.7 Å². The van der Waals surface area contributed by atoms with Crippen LogP contribution < -0.4 is 4.90 Å². The molecule has 3 heterocycles. The summed E-state index contributed by atoms with van der Waals surface area (Å²) in [6, 6.07) is 9.59. The van der Waals surface area contributed by atoms with Gasteiger partial charge in [-0.25, -0.2) is 14.5 Å². The highest BCUT2D eigenvalue weighted by molar-refractivity contribution is 6.37. The van der Waals surface area contributed by atoms with Crippen LogP contribution in [-0.4, -0.2) is 46.5 Å². The number of ether oxygens (including phenoxy) is 2. The van der Waals surface area contributed by atoms with Gasteiger partial charge in [-0.15, -0.1) is 0 Å². The van der Waals surface area contributed by atoms with Gasteiger partial charge in [-0.1, -0.05) is 29.3 Å². The number of pyridine rings is 1. The molecular formula is C26H26Cl2N4O3. The highest BCUT2D eigenvalue weighted by Gasteiger charge is 2.45. The molecule has 3 unspecified atom stereocenters. The highest BCUT2D eigenvalue weighted by atomic mass is 35.5. The molecule has 1 aromatic carbocycles. The lowest BCUT2D eigenvalue weighted by molar-refractivity contribution is 0.00992. The first-order chi connectivity index (χ1) is 17.0. The van der Waals surface area contributed by atoms with Crippen molar-refractivity contribution in [1.29, 1.82) is 0 Å². The lowest BCUT2D eigenvalue weighted by Gasteiger charge is -2.33. The number of benzene rings is 1. The van der Waals surface area contributed by atoms with Gasteiger partial charge in [-0.2, -0.15) is 5.10 Å². The van der Waals surface area contributed by atoms with E-state index in [0.717, 1.165) is 30.8 Å². The van der Waals surface area contributed by atoms with E-state index in [1.165, 1.54) is 25.5 Å². The summed E-state index contributed by atoms with van der Waals surface area (Å²) < 4.78 is 13.2. The second-order valence-corrected chi connectivity index (χ2v) is 10.4. The third-order valence-electron chi connectivity index (χ3n) is 7.45. The molecule has 2 aromatic heterocycles. The summed E-state index contributed by atoms with van der Waals surface area (Å²) in [7, 11) is 1.36. The van der Waals surface area contributed by atoms with E-state index in [4.69, 9.17) is 32.7 Å². The van der Waals surface area contributed by atoms with Crippen molar-refractivity contribution in [2.24, 2.45) is 5.92 Å². The molecule has 9 heteroatoms. The minimum Gasteiger partial charge on any atom is -0.464 e. The summed E-state index contributed by atoms with van der Waals surface area (Å²) in [5.41, 5.74) is 4.35.